The molecule has 0 aromatic heterocycles. The lowest BCUT2D eigenvalue weighted by molar-refractivity contribution is 0.102. The Morgan fingerprint density at radius 3 is 0.933 bits per heavy atom. The molecule has 0 amide bonds. The summed E-state index contributed by atoms with van der Waals surface area (Å²) >= 11 is 0. The normalized spacial score (nSPS) is 14.0. The summed E-state index contributed by atoms with van der Waals surface area (Å²) in [6.07, 6.45) is 1.49. The van der Waals surface area contributed by atoms with E-state index in [1.807, 2.05) is 13.8 Å². The van der Waals surface area contributed by atoms with E-state index in [9.17, 15) is 0 Å². The van der Waals surface area contributed by atoms with E-state index in [2.05, 4.69) is 0 Å². The minimum atomic E-state index is -0.500. The van der Waals surface area contributed by atoms with Gasteiger partial charge in [-0.05, 0) is 47.5 Å². The molecule has 0 fully saturated rings. The van der Waals surface area contributed by atoms with Crippen LogP contribution in [0.3, 0.4) is 0 Å². The molecular weight excluding hydrogens is 192 g/mol. The van der Waals surface area contributed by atoms with Crippen LogP contribution in [0.1, 0.15) is 61.3 Å². The smallest absolute Gasteiger partial charge is 0.0563 e. The summed E-state index contributed by atoms with van der Waals surface area (Å²) in [4.78, 5) is 0. The number of hydrogen-bond acceptors (Lipinski definition) is 3. The maximum absolute atomic E-state index is 8.52. The van der Waals surface area contributed by atoms with Crippen LogP contribution >= 0.6 is 0 Å². The van der Waals surface area contributed by atoms with Crippen LogP contribution in [-0.2, 0) is 0 Å². The summed E-state index contributed by atoms with van der Waals surface area (Å²) in [5.41, 5.74) is -0.500. The molecule has 0 saturated carbocycles. The fraction of sp³-hybridized carbons (Fsp3) is 1.00. The van der Waals surface area contributed by atoms with E-state index >= 15 is 0 Å². The lowest BCUT2D eigenvalue weighted by Gasteiger charge is -2.04. The molecule has 0 spiro atoms. The molecule has 0 heterocycles. The van der Waals surface area contributed by atoms with Crippen molar-refractivity contribution >= 4 is 0 Å². The van der Waals surface area contributed by atoms with Crippen molar-refractivity contribution in [1.82, 2.24) is 0 Å². The second-order valence-corrected chi connectivity index (χ2v) is 4.69. The molecule has 3 nitrogen and oxygen atoms in total. The minimum absolute atomic E-state index is 0.116. The van der Waals surface area contributed by atoms with E-state index in [0.29, 0.717) is 0 Å². The fourth-order valence-corrected chi connectivity index (χ4v) is 0. The lowest BCUT2D eigenvalue weighted by atomic mass is 10.2. The van der Waals surface area contributed by atoms with Crippen molar-refractivity contribution in [3.05, 3.63) is 0 Å². The van der Waals surface area contributed by atoms with Gasteiger partial charge < -0.3 is 15.3 Å². The minimum Gasteiger partial charge on any atom is -0.393 e. The Balaban J connectivity index is -0.000000144. The monoisotopic (exact) mass is 222 g/mol. The molecule has 0 saturated heterocycles. The first-order chi connectivity index (χ1) is 6.54. The number of aliphatic hydroxyl groups excluding tert-OH is 2. The molecule has 0 bridgehead atoms. The summed E-state index contributed by atoms with van der Waals surface area (Å²) in [5, 5.41) is 25.2. The molecule has 3 N–H and O–H groups in total. The van der Waals surface area contributed by atoms with Crippen LogP contribution in [0, 0.1) is 0 Å². The molecule has 3 heteroatoms. The van der Waals surface area contributed by atoms with Gasteiger partial charge in [-0.1, -0.05) is 13.8 Å². The molecule has 0 aliphatic carbocycles. The van der Waals surface area contributed by atoms with E-state index in [-0.39, 0.29) is 12.2 Å². The van der Waals surface area contributed by atoms with Crippen molar-refractivity contribution in [2.24, 2.45) is 0 Å². The number of hydrogen-bond donors (Lipinski definition) is 3. The zero-order chi connectivity index (χ0) is 13.1. The third-order valence-corrected chi connectivity index (χ3v) is 1.18. The average molecular weight is 222 g/mol. The molecule has 2 atom stereocenters. The van der Waals surface area contributed by atoms with Crippen LogP contribution < -0.4 is 0 Å². The van der Waals surface area contributed by atoms with Crippen molar-refractivity contribution in [3.8, 4) is 0 Å². The van der Waals surface area contributed by atoms with Crippen LogP contribution in [0.5, 0.6) is 0 Å². The molecule has 96 valence electrons. The van der Waals surface area contributed by atoms with Crippen LogP contribution in [0.2, 0.25) is 0 Å². The predicted octanol–water partition coefficient (Wildman–Crippen LogP) is 2.33. The van der Waals surface area contributed by atoms with Crippen LogP contribution in [0.25, 0.3) is 0 Å². The third kappa shape index (κ3) is 130. The zero-order valence-corrected chi connectivity index (χ0v) is 11.4. The van der Waals surface area contributed by atoms with E-state index in [1.54, 1.807) is 34.6 Å². The predicted molar refractivity (Wildman–Crippen MR) is 65.9 cm³/mol. The van der Waals surface area contributed by atoms with Crippen LogP contribution in [-0.4, -0.2) is 33.1 Å². The maximum atomic E-state index is 8.52. The van der Waals surface area contributed by atoms with E-state index in [0.717, 1.165) is 12.8 Å². The second kappa shape index (κ2) is 12.0. The standard InChI is InChI=1S/3C4H10O/c1-4(2,3)5;2*1-3-4(2)5/h5H,1-3H3;2*4-5H,3H2,1-2H3. The lowest BCUT2D eigenvalue weighted by Crippen LogP contribution is -2.10. The third-order valence-electron chi connectivity index (χ3n) is 1.18. The van der Waals surface area contributed by atoms with Gasteiger partial charge in [-0.15, -0.1) is 0 Å². The van der Waals surface area contributed by atoms with Crippen LogP contribution in [0.4, 0.5) is 0 Å². The molecule has 2 unspecified atom stereocenters. The van der Waals surface area contributed by atoms with Crippen molar-refractivity contribution < 1.29 is 15.3 Å². The first-order valence-corrected chi connectivity index (χ1v) is 5.63. The second-order valence-electron chi connectivity index (χ2n) is 4.69. The van der Waals surface area contributed by atoms with Crippen molar-refractivity contribution in [3.63, 3.8) is 0 Å². The zero-order valence-electron chi connectivity index (χ0n) is 11.4. The Kier molecular flexibility index (Phi) is 16.2. The molecule has 0 aliphatic heterocycles. The molecule has 0 aromatic carbocycles. The molecule has 0 radical (unpaired) electrons. The Morgan fingerprint density at radius 1 is 0.867 bits per heavy atom. The fourth-order valence-electron chi connectivity index (χ4n) is 0. The summed E-state index contributed by atoms with van der Waals surface area (Å²) < 4.78 is 0. The largest absolute Gasteiger partial charge is 0.393 e. The van der Waals surface area contributed by atoms with Gasteiger partial charge in [0.2, 0.25) is 0 Å². The van der Waals surface area contributed by atoms with Gasteiger partial charge in [-0.2, -0.15) is 0 Å². The van der Waals surface area contributed by atoms with E-state index < -0.39 is 5.60 Å². The summed E-state index contributed by atoms with van der Waals surface area (Å²) in [6, 6.07) is 0. The van der Waals surface area contributed by atoms with Crippen LogP contribution in [0.15, 0.2) is 0 Å². The van der Waals surface area contributed by atoms with Gasteiger partial charge in [0, 0.05) is 0 Å². The Hall–Kier alpha value is -0.120. The number of rotatable bonds is 2. The van der Waals surface area contributed by atoms with E-state index in [4.69, 9.17) is 15.3 Å². The summed E-state index contributed by atoms with van der Waals surface area (Å²) in [5.74, 6) is 0. The van der Waals surface area contributed by atoms with Gasteiger partial charge in [0.15, 0.2) is 0 Å². The average Bonchev–Trinajstić information content (AvgIpc) is 2.02. The van der Waals surface area contributed by atoms with Crippen molar-refractivity contribution in [2.75, 3.05) is 0 Å². The Morgan fingerprint density at radius 2 is 0.933 bits per heavy atom. The highest BCUT2D eigenvalue weighted by Crippen LogP contribution is 1.93. The van der Waals surface area contributed by atoms with Gasteiger partial charge in [0.05, 0.1) is 17.8 Å². The Labute approximate surface area is 95.1 Å². The van der Waals surface area contributed by atoms with E-state index in [1.165, 1.54) is 0 Å². The van der Waals surface area contributed by atoms with Gasteiger partial charge in [0.1, 0.15) is 0 Å². The maximum Gasteiger partial charge on any atom is 0.0563 e. The highest BCUT2D eigenvalue weighted by molar-refractivity contribution is 4.50. The number of aliphatic hydroxyl groups is 3. The Bertz CT molecular complexity index is 89.9. The van der Waals surface area contributed by atoms with Gasteiger partial charge >= 0.3 is 0 Å². The van der Waals surface area contributed by atoms with Crippen molar-refractivity contribution in [1.29, 1.82) is 0 Å². The molecule has 0 aliphatic rings. The first kappa shape index (κ1) is 20.3. The van der Waals surface area contributed by atoms with Crippen molar-refractivity contribution in [2.45, 2.75) is 79.1 Å². The van der Waals surface area contributed by atoms with Gasteiger partial charge in [-0.25, -0.2) is 0 Å². The van der Waals surface area contributed by atoms with Gasteiger partial charge in [-0.3, -0.25) is 0 Å². The SMILES string of the molecule is CC(C)(C)O.CCC(C)O.CCC(C)O. The molecule has 0 rings (SSSR count). The molecule has 0 aromatic rings. The topological polar surface area (TPSA) is 60.7 Å². The highest BCUT2D eigenvalue weighted by atomic mass is 16.3. The molecular formula is C12H30O3. The molecule has 15 heavy (non-hydrogen) atoms. The summed E-state index contributed by atoms with van der Waals surface area (Å²) in [6.45, 7) is 12.7. The quantitative estimate of drug-likeness (QED) is 0.672. The first-order valence-electron chi connectivity index (χ1n) is 5.63. The highest BCUT2D eigenvalue weighted by Gasteiger charge is 1.97. The summed E-state index contributed by atoms with van der Waals surface area (Å²) in [7, 11) is 0. The van der Waals surface area contributed by atoms with Gasteiger partial charge in [0.25, 0.3) is 0 Å².